The summed E-state index contributed by atoms with van der Waals surface area (Å²) in [6.45, 7) is 4.17. The Hall–Kier alpha value is -2.47. The highest BCUT2D eigenvalue weighted by Crippen LogP contribution is 2.47. The van der Waals surface area contributed by atoms with Gasteiger partial charge in [0.25, 0.3) is 5.56 Å². The highest BCUT2D eigenvalue weighted by molar-refractivity contribution is 7.71. The molecule has 25 heavy (non-hydrogen) atoms. The Kier molecular flexibility index (Phi) is 3.54. The summed E-state index contributed by atoms with van der Waals surface area (Å²) in [5.74, 6) is 0.304. The number of hydrogen-bond acceptors (Lipinski definition) is 4. The second-order valence-electron chi connectivity index (χ2n) is 7.50. The van der Waals surface area contributed by atoms with Gasteiger partial charge >= 0.3 is 0 Å². The molecule has 1 aromatic heterocycles. The fourth-order valence-electron chi connectivity index (χ4n) is 3.93. The van der Waals surface area contributed by atoms with Crippen LogP contribution >= 0.6 is 12.2 Å². The van der Waals surface area contributed by atoms with Crippen LogP contribution in [0.1, 0.15) is 43.7 Å². The molecular formula is C19H19N3O2S. The van der Waals surface area contributed by atoms with E-state index in [1.54, 1.807) is 0 Å². The number of H-pyrrole nitrogens is 2. The lowest BCUT2D eigenvalue weighted by Crippen LogP contribution is -2.36. The maximum absolute atomic E-state index is 13.0. The molecule has 2 heterocycles. The topological polar surface area (TPSA) is 77.8 Å². The van der Waals surface area contributed by atoms with Crippen molar-refractivity contribution in [3.05, 3.63) is 67.9 Å². The number of anilines is 1. The number of allylic oxidation sites excluding steroid dienone is 2. The Morgan fingerprint density at radius 3 is 2.52 bits per heavy atom. The van der Waals surface area contributed by atoms with Crippen LogP contribution in [-0.2, 0) is 4.79 Å². The molecule has 0 radical (unpaired) electrons. The van der Waals surface area contributed by atoms with Crippen molar-refractivity contribution in [2.45, 2.75) is 32.6 Å². The minimum atomic E-state index is -0.383. The van der Waals surface area contributed by atoms with Crippen LogP contribution in [0.15, 0.2) is 46.4 Å². The number of fused-ring (bicyclic) bond motifs is 1. The van der Waals surface area contributed by atoms with Crippen LogP contribution in [0.2, 0.25) is 0 Å². The smallest absolute Gasteiger partial charge is 0.257 e. The summed E-state index contributed by atoms with van der Waals surface area (Å²) in [6, 6.07) is 9.69. The van der Waals surface area contributed by atoms with Gasteiger partial charge in [-0.1, -0.05) is 44.2 Å². The van der Waals surface area contributed by atoms with Gasteiger partial charge in [-0.25, -0.2) is 0 Å². The average Bonchev–Trinajstić information content (AvgIpc) is 2.52. The average molecular weight is 353 g/mol. The Balaban J connectivity index is 2.01. The molecule has 6 heteroatoms. The van der Waals surface area contributed by atoms with E-state index < -0.39 is 0 Å². The molecule has 5 nitrogen and oxygen atoms in total. The van der Waals surface area contributed by atoms with Crippen molar-refractivity contribution in [3.8, 4) is 0 Å². The molecule has 2 aliphatic rings. The molecule has 1 unspecified atom stereocenters. The number of rotatable bonds is 1. The zero-order valence-corrected chi connectivity index (χ0v) is 14.9. The number of aromatic amines is 2. The first-order valence-corrected chi connectivity index (χ1v) is 8.71. The quantitative estimate of drug-likeness (QED) is 0.684. The molecule has 0 fully saturated rings. The number of carbonyl (C=O) groups excluding carboxylic acids is 1. The third-order valence-corrected chi connectivity index (χ3v) is 5.09. The van der Waals surface area contributed by atoms with Gasteiger partial charge in [-0.3, -0.25) is 14.6 Å². The number of benzene rings is 1. The van der Waals surface area contributed by atoms with E-state index in [4.69, 9.17) is 12.2 Å². The van der Waals surface area contributed by atoms with Gasteiger partial charge in [-0.05, 0) is 29.6 Å². The summed E-state index contributed by atoms with van der Waals surface area (Å²) in [7, 11) is 0. The van der Waals surface area contributed by atoms with Gasteiger partial charge in [0.1, 0.15) is 5.82 Å². The summed E-state index contributed by atoms with van der Waals surface area (Å²) in [5.41, 5.74) is 2.67. The SMILES string of the molecule is CC1(C)CC(=O)C2=C(C1)Nc1[nH]c(=S)[nH]c(=O)c1C2c1ccccc1. The van der Waals surface area contributed by atoms with Gasteiger partial charge in [0, 0.05) is 23.6 Å². The van der Waals surface area contributed by atoms with Crippen LogP contribution in [0.3, 0.4) is 0 Å². The van der Waals surface area contributed by atoms with Crippen molar-refractivity contribution in [2.24, 2.45) is 5.41 Å². The van der Waals surface area contributed by atoms with Gasteiger partial charge in [-0.15, -0.1) is 0 Å². The first-order chi connectivity index (χ1) is 11.9. The van der Waals surface area contributed by atoms with Crippen molar-refractivity contribution >= 4 is 23.8 Å². The molecular weight excluding hydrogens is 334 g/mol. The predicted molar refractivity (Wildman–Crippen MR) is 99.2 cm³/mol. The van der Waals surface area contributed by atoms with E-state index >= 15 is 0 Å². The normalized spacial score (nSPS) is 21.4. The second kappa shape index (κ2) is 5.52. The largest absolute Gasteiger partial charge is 0.344 e. The van der Waals surface area contributed by atoms with E-state index in [1.165, 1.54) is 0 Å². The summed E-state index contributed by atoms with van der Waals surface area (Å²) in [5, 5.41) is 3.28. The summed E-state index contributed by atoms with van der Waals surface area (Å²) in [4.78, 5) is 31.3. The molecule has 0 amide bonds. The lowest BCUT2D eigenvalue weighted by Gasteiger charge is -2.38. The number of aromatic nitrogens is 2. The molecule has 1 atom stereocenters. The van der Waals surface area contributed by atoms with Crippen molar-refractivity contribution < 1.29 is 4.79 Å². The molecule has 4 rings (SSSR count). The standard InChI is InChI=1S/C19H19N3O2S/c1-19(2)8-11-14(12(23)9-19)13(10-6-4-3-5-7-10)15-16(20-11)21-18(25)22-17(15)24/h3-7,13H,8-9H2,1-2H3,(H3,20,21,22,24,25). The van der Waals surface area contributed by atoms with E-state index in [1.807, 2.05) is 30.3 Å². The number of ketones is 1. The van der Waals surface area contributed by atoms with Crippen LogP contribution in [-0.4, -0.2) is 15.8 Å². The zero-order chi connectivity index (χ0) is 17.8. The Morgan fingerprint density at radius 2 is 1.80 bits per heavy atom. The highest BCUT2D eigenvalue weighted by atomic mass is 32.1. The molecule has 0 saturated carbocycles. The fourth-order valence-corrected chi connectivity index (χ4v) is 4.12. The fraction of sp³-hybridized carbons (Fsp3) is 0.316. The molecule has 0 bridgehead atoms. The monoisotopic (exact) mass is 353 g/mol. The van der Waals surface area contributed by atoms with Gasteiger partial charge in [0.05, 0.1) is 5.56 Å². The third kappa shape index (κ3) is 2.66. The Morgan fingerprint density at radius 1 is 1.08 bits per heavy atom. The number of hydrogen-bond donors (Lipinski definition) is 3. The molecule has 1 aliphatic heterocycles. The van der Waals surface area contributed by atoms with E-state index in [2.05, 4.69) is 29.1 Å². The summed E-state index contributed by atoms with van der Waals surface area (Å²) < 4.78 is 0.272. The van der Waals surface area contributed by atoms with Crippen molar-refractivity contribution in [1.82, 2.24) is 9.97 Å². The Labute approximate surface area is 150 Å². The lowest BCUT2D eigenvalue weighted by molar-refractivity contribution is -0.118. The Bertz CT molecular complexity index is 1010. The molecule has 1 aromatic carbocycles. The first kappa shape index (κ1) is 16.0. The predicted octanol–water partition coefficient (Wildman–Crippen LogP) is 3.63. The van der Waals surface area contributed by atoms with Crippen LogP contribution in [0.5, 0.6) is 0 Å². The molecule has 0 saturated heterocycles. The van der Waals surface area contributed by atoms with Gasteiger partial charge in [0.15, 0.2) is 10.6 Å². The van der Waals surface area contributed by atoms with Crippen LogP contribution < -0.4 is 10.9 Å². The number of Topliss-reactive ketones (excluding diaryl/α,β-unsaturated/α-hetero) is 1. The van der Waals surface area contributed by atoms with Gasteiger partial charge in [-0.2, -0.15) is 0 Å². The van der Waals surface area contributed by atoms with E-state index in [-0.39, 0.29) is 27.4 Å². The second-order valence-corrected chi connectivity index (χ2v) is 7.91. The number of nitrogens with one attached hydrogen (secondary N) is 3. The minimum absolute atomic E-state index is 0.0973. The highest BCUT2D eigenvalue weighted by Gasteiger charge is 2.41. The van der Waals surface area contributed by atoms with Crippen LogP contribution in [0.4, 0.5) is 5.82 Å². The van der Waals surface area contributed by atoms with E-state index in [0.29, 0.717) is 23.4 Å². The van der Waals surface area contributed by atoms with Crippen molar-refractivity contribution in [2.75, 3.05) is 5.32 Å². The molecule has 1 aliphatic carbocycles. The summed E-state index contributed by atoms with van der Waals surface area (Å²) >= 11 is 5.12. The van der Waals surface area contributed by atoms with Crippen LogP contribution in [0.25, 0.3) is 0 Å². The first-order valence-electron chi connectivity index (χ1n) is 8.30. The maximum Gasteiger partial charge on any atom is 0.257 e. The lowest BCUT2D eigenvalue weighted by atomic mass is 9.69. The third-order valence-electron chi connectivity index (χ3n) is 4.89. The maximum atomic E-state index is 13.0. The molecule has 2 aromatic rings. The van der Waals surface area contributed by atoms with Gasteiger partial charge in [0.2, 0.25) is 0 Å². The van der Waals surface area contributed by atoms with Crippen molar-refractivity contribution in [1.29, 1.82) is 0 Å². The van der Waals surface area contributed by atoms with E-state index in [9.17, 15) is 9.59 Å². The molecule has 128 valence electrons. The molecule has 0 spiro atoms. The minimum Gasteiger partial charge on any atom is -0.344 e. The van der Waals surface area contributed by atoms with Crippen LogP contribution in [0, 0.1) is 10.2 Å². The molecule has 3 N–H and O–H groups in total. The van der Waals surface area contributed by atoms with Gasteiger partial charge < -0.3 is 10.3 Å². The van der Waals surface area contributed by atoms with Crippen molar-refractivity contribution in [3.63, 3.8) is 0 Å². The zero-order valence-electron chi connectivity index (χ0n) is 14.1. The number of carbonyl (C=O) groups is 1. The van der Waals surface area contributed by atoms with E-state index in [0.717, 1.165) is 17.7 Å². The summed E-state index contributed by atoms with van der Waals surface area (Å²) in [6.07, 6.45) is 1.23.